The van der Waals surface area contributed by atoms with Crippen LogP contribution in [0.5, 0.6) is 0 Å². The lowest BCUT2D eigenvalue weighted by Crippen LogP contribution is -2.29. The zero-order chi connectivity index (χ0) is 25.8. The fourth-order valence-electron chi connectivity index (χ4n) is 3.83. The Morgan fingerprint density at radius 1 is 1.08 bits per heavy atom. The number of hydrogen-bond acceptors (Lipinski definition) is 5. The summed E-state index contributed by atoms with van der Waals surface area (Å²) in [5.74, 6) is 4.17. The van der Waals surface area contributed by atoms with Crippen molar-refractivity contribution in [2.75, 3.05) is 22.1 Å². The van der Waals surface area contributed by atoms with Crippen LogP contribution in [0.1, 0.15) is 63.6 Å². The minimum Gasteiger partial charge on any atom is -0.348 e. The van der Waals surface area contributed by atoms with Crippen molar-refractivity contribution in [2.24, 2.45) is 0 Å². The number of benzene rings is 2. The van der Waals surface area contributed by atoms with Gasteiger partial charge in [0.1, 0.15) is 5.82 Å². The minimum absolute atomic E-state index is 0.0528. The summed E-state index contributed by atoms with van der Waals surface area (Å²) in [7, 11) is 0. The van der Waals surface area contributed by atoms with Gasteiger partial charge in [-0.1, -0.05) is 62.4 Å². The predicted molar refractivity (Wildman–Crippen MR) is 148 cm³/mol. The summed E-state index contributed by atoms with van der Waals surface area (Å²) in [6, 6.07) is 20.8. The number of nitrogens with zero attached hydrogens (tertiary/aromatic N) is 3. The summed E-state index contributed by atoms with van der Waals surface area (Å²) in [5, 5.41) is 9.21. The number of anilines is 4. The van der Waals surface area contributed by atoms with E-state index < -0.39 is 0 Å². The van der Waals surface area contributed by atoms with Gasteiger partial charge in [-0.3, -0.25) is 4.90 Å². The first-order valence-corrected chi connectivity index (χ1v) is 12.5. The number of carbonyl (C=O) groups is 1. The van der Waals surface area contributed by atoms with Crippen molar-refractivity contribution < 1.29 is 4.79 Å². The molecule has 36 heavy (non-hydrogen) atoms. The molecule has 1 atom stereocenters. The molecule has 1 unspecified atom stereocenters. The molecule has 0 saturated carbocycles. The highest BCUT2D eigenvalue weighted by Crippen LogP contribution is 2.29. The molecule has 188 valence electrons. The Kier molecular flexibility index (Phi) is 10.1. The van der Waals surface area contributed by atoms with Gasteiger partial charge >= 0.3 is 6.03 Å². The summed E-state index contributed by atoms with van der Waals surface area (Å²) in [6.07, 6.45) is 6.21. The third kappa shape index (κ3) is 7.74. The summed E-state index contributed by atoms with van der Waals surface area (Å²) >= 11 is 0. The van der Waals surface area contributed by atoms with Gasteiger partial charge < -0.3 is 16.0 Å². The van der Waals surface area contributed by atoms with Crippen LogP contribution >= 0.6 is 0 Å². The zero-order valence-electron chi connectivity index (χ0n) is 21.6. The number of aromatic nitrogens is 2. The molecule has 3 rings (SSSR count). The van der Waals surface area contributed by atoms with Crippen molar-refractivity contribution in [3.63, 3.8) is 0 Å². The minimum atomic E-state index is -0.192. The Balaban J connectivity index is 1.71. The molecule has 3 aromatic rings. The Labute approximate surface area is 214 Å². The van der Waals surface area contributed by atoms with E-state index in [4.69, 9.17) is 4.98 Å². The van der Waals surface area contributed by atoms with Gasteiger partial charge in [0.05, 0.1) is 11.7 Å². The third-order valence-electron chi connectivity index (χ3n) is 5.75. The van der Waals surface area contributed by atoms with Crippen molar-refractivity contribution in [3.8, 4) is 12.0 Å². The molecule has 2 amide bonds. The van der Waals surface area contributed by atoms with E-state index in [1.165, 1.54) is 12.8 Å². The topological polar surface area (TPSA) is 82.2 Å². The van der Waals surface area contributed by atoms with Crippen molar-refractivity contribution in [2.45, 2.75) is 59.4 Å². The van der Waals surface area contributed by atoms with Gasteiger partial charge in [0, 0.05) is 30.5 Å². The van der Waals surface area contributed by atoms with Gasteiger partial charge in [-0.2, -0.15) is 4.98 Å². The molecule has 0 aliphatic rings. The van der Waals surface area contributed by atoms with E-state index >= 15 is 0 Å². The van der Waals surface area contributed by atoms with Gasteiger partial charge in [-0.15, -0.1) is 0 Å². The normalized spacial score (nSPS) is 11.1. The van der Waals surface area contributed by atoms with Crippen molar-refractivity contribution in [1.29, 1.82) is 0 Å². The number of unbranched alkanes of at least 4 members (excludes halogenated alkanes) is 3. The van der Waals surface area contributed by atoms with E-state index in [9.17, 15) is 4.79 Å². The molecule has 0 fully saturated rings. The summed E-state index contributed by atoms with van der Waals surface area (Å²) in [5.41, 5.74) is 3.73. The highest BCUT2D eigenvalue weighted by Gasteiger charge is 2.15. The molecule has 0 saturated heterocycles. The Morgan fingerprint density at radius 2 is 1.89 bits per heavy atom. The average molecular weight is 485 g/mol. The molecule has 7 nitrogen and oxygen atoms in total. The first kappa shape index (κ1) is 26.6. The van der Waals surface area contributed by atoms with E-state index in [1.807, 2.05) is 54.3 Å². The first-order chi connectivity index (χ1) is 17.5. The standard InChI is InChI=1S/C29H36N6O/c1-5-7-8-12-18-31-29(36)33-25-15-16-26(22(3)21-25)35(20-6-2)27-17-19-30-28(34-27)32-23(4)24-13-10-9-11-14-24/h9-11,13-17,19,21,23H,5,7-8,12,18H2,1-4H3,(H,30,32,34)(H2,31,33,36). The highest BCUT2D eigenvalue weighted by atomic mass is 16.2. The van der Waals surface area contributed by atoms with Gasteiger partial charge in [-0.05, 0) is 56.5 Å². The van der Waals surface area contributed by atoms with Crippen molar-refractivity contribution in [1.82, 2.24) is 15.3 Å². The number of rotatable bonds is 11. The van der Waals surface area contributed by atoms with Crippen LogP contribution in [0.15, 0.2) is 60.8 Å². The molecule has 1 heterocycles. The van der Waals surface area contributed by atoms with Crippen LogP contribution in [0, 0.1) is 18.9 Å². The van der Waals surface area contributed by atoms with Gasteiger partial charge in [0.2, 0.25) is 5.95 Å². The number of amides is 2. The maximum atomic E-state index is 12.2. The summed E-state index contributed by atoms with van der Waals surface area (Å²) < 4.78 is 0. The zero-order valence-corrected chi connectivity index (χ0v) is 21.6. The smallest absolute Gasteiger partial charge is 0.319 e. The largest absolute Gasteiger partial charge is 0.348 e. The number of urea groups is 1. The predicted octanol–water partition coefficient (Wildman–Crippen LogP) is 6.78. The van der Waals surface area contributed by atoms with Gasteiger partial charge in [0.15, 0.2) is 0 Å². The second kappa shape index (κ2) is 13.7. The molecule has 0 aliphatic heterocycles. The SMILES string of the molecule is CC#CN(c1ccnc(NC(C)c2ccccc2)n1)c1ccc(NC(=O)NCCCCCC)cc1C. The number of nitrogens with one attached hydrogen (secondary N) is 3. The number of aryl methyl sites for hydroxylation is 1. The lowest BCUT2D eigenvalue weighted by molar-refractivity contribution is 0.252. The lowest BCUT2D eigenvalue weighted by Gasteiger charge is -2.21. The highest BCUT2D eigenvalue weighted by molar-refractivity contribution is 5.90. The summed E-state index contributed by atoms with van der Waals surface area (Å²) in [6.45, 7) is 8.71. The van der Waals surface area contributed by atoms with Gasteiger partial charge in [-0.25, -0.2) is 9.78 Å². The molecule has 7 heteroatoms. The fraction of sp³-hybridized carbons (Fsp3) is 0.345. The molecule has 2 aromatic carbocycles. The fourth-order valence-corrected chi connectivity index (χ4v) is 3.83. The molecule has 3 N–H and O–H groups in total. The Bertz CT molecular complexity index is 1190. The average Bonchev–Trinajstić information content (AvgIpc) is 2.88. The first-order valence-electron chi connectivity index (χ1n) is 12.5. The Morgan fingerprint density at radius 3 is 2.61 bits per heavy atom. The maximum Gasteiger partial charge on any atom is 0.319 e. The Hall–Kier alpha value is -4.05. The van der Waals surface area contributed by atoms with Crippen LogP contribution < -0.4 is 20.9 Å². The van der Waals surface area contributed by atoms with E-state index in [1.54, 1.807) is 13.1 Å². The monoisotopic (exact) mass is 484 g/mol. The molecule has 0 aliphatic carbocycles. The summed E-state index contributed by atoms with van der Waals surface area (Å²) in [4.78, 5) is 23.2. The second-order valence-electron chi connectivity index (χ2n) is 8.66. The number of carbonyl (C=O) groups excluding carboxylic acids is 1. The second-order valence-corrected chi connectivity index (χ2v) is 8.66. The van der Waals surface area contributed by atoms with Crippen LogP contribution in [0.25, 0.3) is 0 Å². The molecular weight excluding hydrogens is 448 g/mol. The van der Waals surface area contributed by atoms with Crippen LogP contribution in [-0.2, 0) is 0 Å². The van der Waals surface area contributed by atoms with Crippen LogP contribution in [0.2, 0.25) is 0 Å². The van der Waals surface area contributed by atoms with E-state index in [-0.39, 0.29) is 12.1 Å². The van der Waals surface area contributed by atoms with E-state index in [2.05, 4.69) is 58.9 Å². The molecule has 0 spiro atoms. The van der Waals surface area contributed by atoms with Crippen LogP contribution in [0.3, 0.4) is 0 Å². The van der Waals surface area contributed by atoms with Crippen molar-refractivity contribution >= 4 is 29.2 Å². The third-order valence-corrected chi connectivity index (χ3v) is 5.75. The lowest BCUT2D eigenvalue weighted by atomic mass is 10.1. The number of hydrogen-bond donors (Lipinski definition) is 3. The van der Waals surface area contributed by atoms with Crippen molar-refractivity contribution in [3.05, 3.63) is 71.9 Å². The van der Waals surface area contributed by atoms with E-state index in [0.29, 0.717) is 18.3 Å². The maximum absolute atomic E-state index is 12.2. The quantitative estimate of drug-likeness (QED) is 0.159. The van der Waals surface area contributed by atoms with Crippen LogP contribution in [-0.4, -0.2) is 22.5 Å². The molecule has 0 bridgehead atoms. The van der Waals surface area contributed by atoms with Gasteiger partial charge in [0.25, 0.3) is 0 Å². The van der Waals surface area contributed by atoms with E-state index in [0.717, 1.165) is 35.3 Å². The molecule has 0 radical (unpaired) electrons. The molecular formula is C29H36N6O. The molecule has 1 aromatic heterocycles. The van der Waals surface area contributed by atoms with Crippen LogP contribution in [0.4, 0.5) is 27.9 Å².